The Morgan fingerprint density at radius 1 is 1.35 bits per heavy atom. The number of hydrogen-bond donors (Lipinski definition) is 0. The van der Waals surface area contributed by atoms with E-state index in [4.69, 9.17) is 9.47 Å². The van der Waals surface area contributed by atoms with E-state index in [1.54, 1.807) is 11.0 Å². The molecule has 0 spiro atoms. The molecule has 0 bridgehead atoms. The molecule has 0 aromatic rings. The number of rotatable bonds is 4. The van der Waals surface area contributed by atoms with Crippen molar-refractivity contribution in [3.63, 3.8) is 0 Å². The minimum absolute atomic E-state index is 0.00442. The van der Waals surface area contributed by atoms with Crippen LogP contribution in [0.15, 0.2) is 25.3 Å². The van der Waals surface area contributed by atoms with Gasteiger partial charge in [0.25, 0.3) is 5.91 Å². The van der Waals surface area contributed by atoms with Crippen LogP contribution in [-0.4, -0.2) is 41.4 Å². The average molecular weight is 237 g/mol. The highest BCUT2D eigenvalue weighted by Gasteiger charge is 2.56. The first-order valence-corrected chi connectivity index (χ1v) is 5.88. The van der Waals surface area contributed by atoms with Crippen molar-refractivity contribution in [3.05, 3.63) is 25.3 Å². The fourth-order valence-electron chi connectivity index (χ4n) is 2.56. The number of fused-ring (bicyclic) bond motifs is 1. The number of nitrogens with zero attached hydrogens (tertiary/aromatic N) is 1. The predicted octanol–water partition coefficient (Wildman–Crippen LogP) is 1.48. The van der Waals surface area contributed by atoms with Crippen LogP contribution in [0.2, 0.25) is 0 Å². The summed E-state index contributed by atoms with van der Waals surface area (Å²) < 4.78 is 11.5. The van der Waals surface area contributed by atoms with Crippen LogP contribution >= 0.6 is 0 Å². The summed E-state index contributed by atoms with van der Waals surface area (Å²) in [6.45, 7) is 11.6. The molecule has 2 rings (SSSR count). The number of hydrogen-bond acceptors (Lipinski definition) is 3. The van der Waals surface area contributed by atoms with E-state index < -0.39 is 11.9 Å². The summed E-state index contributed by atoms with van der Waals surface area (Å²) in [6.07, 6.45) is 3.57. The fourth-order valence-corrected chi connectivity index (χ4v) is 2.56. The Labute approximate surface area is 102 Å². The summed E-state index contributed by atoms with van der Waals surface area (Å²) >= 11 is 0. The molecule has 17 heavy (non-hydrogen) atoms. The van der Waals surface area contributed by atoms with Crippen molar-refractivity contribution in [2.45, 2.75) is 44.3 Å². The van der Waals surface area contributed by atoms with Gasteiger partial charge >= 0.3 is 0 Å². The van der Waals surface area contributed by atoms with E-state index in [1.807, 2.05) is 19.9 Å². The number of carbonyl (C=O) groups excluding carboxylic acids is 1. The first-order chi connectivity index (χ1) is 8.00. The van der Waals surface area contributed by atoms with Crippen molar-refractivity contribution < 1.29 is 14.3 Å². The Morgan fingerprint density at radius 2 is 2.06 bits per heavy atom. The SMILES string of the molecule is C=CC[C@H]1[C@@H]2OC(C)(C)O[C@@H]2C(=O)N1CC=C. The van der Waals surface area contributed by atoms with E-state index in [9.17, 15) is 4.79 Å². The van der Waals surface area contributed by atoms with E-state index in [-0.39, 0.29) is 18.1 Å². The average Bonchev–Trinajstić information content (AvgIpc) is 2.67. The molecule has 0 aromatic carbocycles. The van der Waals surface area contributed by atoms with Crippen LogP contribution in [-0.2, 0) is 14.3 Å². The summed E-state index contributed by atoms with van der Waals surface area (Å²) in [5, 5.41) is 0. The number of carbonyl (C=O) groups is 1. The van der Waals surface area contributed by atoms with Gasteiger partial charge in [0.2, 0.25) is 0 Å². The largest absolute Gasteiger partial charge is 0.342 e. The van der Waals surface area contributed by atoms with Gasteiger partial charge in [0.1, 0.15) is 6.10 Å². The Balaban J connectivity index is 2.23. The zero-order valence-corrected chi connectivity index (χ0v) is 10.4. The number of ether oxygens (including phenoxy) is 2. The van der Waals surface area contributed by atoms with Crippen LogP contribution in [0.5, 0.6) is 0 Å². The molecule has 4 nitrogen and oxygen atoms in total. The standard InChI is InChI=1S/C13H19NO3/c1-5-7-9-10-11(17-13(3,4)16-10)12(15)14(9)8-6-2/h5-6,9-11H,1-2,7-8H2,3-4H3/t9-,10-,11-/m0/s1. The molecule has 2 aliphatic rings. The van der Waals surface area contributed by atoms with Crippen molar-refractivity contribution in [1.29, 1.82) is 0 Å². The molecule has 0 unspecified atom stereocenters. The minimum atomic E-state index is -0.676. The lowest BCUT2D eigenvalue weighted by Crippen LogP contribution is -2.40. The fraction of sp³-hybridized carbons (Fsp3) is 0.615. The quantitative estimate of drug-likeness (QED) is 0.695. The zero-order valence-electron chi connectivity index (χ0n) is 10.4. The van der Waals surface area contributed by atoms with Gasteiger partial charge in [-0.15, -0.1) is 13.2 Å². The molecule has 0 aliphatic carbocycles. The van der Waals surface area contributed by atoms with E-state index in [1.165, 1.54) is 0 Å². The second-order valence-corrected chi connectivity index (χ2v) is 4.89. The van der Waals surface area contributed by atoms with Crippen LogP contribution in [0.1, 0.15) is 20.3 Å². The number of likely N-dealkylation sites (tertiary alicyclic amines) is 1. The Hall–Kier alpha value is -1.13. The predicted molar refractivity (Wildman–Crippen MR) is 64.3 cm³/mol. The minimum Gasteiger partial charge on any atom is -0.342 e. The third kappa shape index (κ3) is 2.03. The molecule has 3 atom stereocenters. The van der Waals surface area contributed by atoms with E-state index in [0.29, 0.717) is 13.0 Å². The summed E-state index contributed by atoms with van der Waals surface area (Å²) in [4.78, 5) is 14.0. The van der Waals surface area contributed by atoms with E-state index >= 15 is 0 Å². The summed E-state index contributed by atoms with van der Waals surface area (Å²) in [5.41, 5.74) is 0. The summed E-state index contributed by atoms with van der Waals surface area (Å²) in [6, 6.07) is 0.00442. The molecule has 2 heterocycles. The van der Waals surface area contributed by atoms with Crippen LogP contribution in [0.25, 0.3) is 0 Å². The van der Waals surface area contributed by atoms with Crippen LogP contribution in [0.3, 0.4) is 0 Å². The highest BCUT2D eigenvalue weighted by atomic mass is 16.8. The summed E-state index contributed by atoms with van der Waals surface area (Å²) in [5.74, 6) is -0.683. The van der Waals surface area contributed by atoms with E-state index in [0.717, 1.165) is 0 Å². The molecule has 2 saturated heterocycles. The van der Waals surface area contributed by atoms with E-state index in [2.05, 4.69) is 13.2 Å². The van der Waals surface area contributed by atoms with Gasteiger partial charge in [-0.2, -0.15) is 0 Å². The van der Waals surface area contributed by atoms with Crippen molar-refractivity contribution in [1.82, 2.24) is 4.90 Å². The normalized spacial score (nSPS) is 34.8. The zero-order chi connectivity index (χ0) is 12.6. The smallest absolute Gasteiger partial charge is 0.255 e. The molecule has 0 aromatic heterocycles. The first-order valence-electron chi connectivity index (χ1n) is 5.88. The maximum Gasteiger partial charge on any atom is 0.255 e. The van der Waals surface area contributed by atoms with Crippen molar-refractivity contribution in [2.75, 3.05) is 6.54 Å². The second-order valence-electron chi connectivity index (χ2n) is 4.89. The highest BCUT2D eigenvalue weighted by Crippen LogP contribution is 2.38. The van der Waals surface area contributed by atoms with Gasteiger partial charge < -0.3 is 14.4 Å². The lowest BCUT2D eigenvalue weighted by molar-refractivity contribution is -0.172. The maximum atomic E-state index is 12.2. The number of amides is 1. The Bertz CT molecular complexity index is 351. The molecule has 1 amide bonds. The first kappa shape index (κ1) is 12.3. The maximum absolute atomic E-state index is 12.2. The van der Waals surface area contributed by atoms with Gasteiger partial charge in [-0.3, -0.25) is 4.79 Å². The van der Waals surface area contributed by atoms with Crippen molar-refractivity contribution >= 4 is 5.91 Å². The lowest BCUT2D eigenvalue weighted by atomic mass is 10.1. The molecule has 4 heteroatoms. The summed E-state index contributed by atoms with van der Waals surface area (Å²) in [7, 11) is 0. The lowest BCUT2D eigenvalue weighted by Gasteiger charge is -2.28. The van der Waals surface area contributed by atoms with Gasteiger partial charge in [0.15, 0.2) is 11.9 Å². The van der Waals surface area contributed by atoms with Gasteiger partial charge in [-0.05, 0) is 20.3 Å². The van der Waals surface area contributed by atoms with Gasteiger partial charge in [-0.25, -0.2) is 0 Å². The molecule has 2 aliphatic heterocycles. The van der Waals surface area contributed by atoms with Crippen LogP contribution < -0.4 is 0 Å². The Kier molecular flexibility index (Phi) is 3.10. The molecule has 94 valence electrons. The van der Waals surface area contributed by atoms with Crippen molar-refractivity contribution in [2.24, 2.45) is 0 Å². The third-order valence-electron chi connectivity index (χ3n) is 3.17. The van der Waals surface area contributed by atoms with Crippen LogP contribution in [0, 0.1) is 0 Å². The third-order valence-corrected chi connectivity index (χ3v) is 3.17. The molecule has 2 fully saturated rings. The highest BCUT2D eigenvalue weighted by molar-refractivity contribution is 5.85. The molecule has 0 N–H and O–H groups in total. The molecule has 0 saturated carbocycles. The van der Waals surface area contributed by atoms with Gasteiger partial charge in [-0.1, -0.05) is 12.2 Å². The Morgan fingerprint density at radius 3 is 2.65 bits per heavy atom. The molecular weight excluding hydrogens is 218 g/mol. The van der Waals surface area contributed by atoms with Crippen molar-refractivity contribution in [3.8, 4) is 0 Å². The molecular formula is C13H19NO3. The second kappa shape index (κ2) is 4.27. The van der Waals surface area contributed by atoms with Gasteiger partial charge in [0.05, 0.1) is 6.04 Å². The van der Waals surface area contributed by atoms with Gasteiger partial charge in [0, 0.05) is 6.54 Å². The molecule has 0 radical (unpaired) electrons. The van der Waals surface area contributed by atoms with Crippen LogP contribution in [0.4, 0.5) is 0 Å². The topological polar surface area (TPSA) is 38.8 Å². The monoisotopic (exact) mass is 237 g/mol.